The molecular weight excluding hydrogens is 420 g/mol. The number of aliphatic hydroxyl groups is 2. The zero-order chi connectivity index (χ0) is 25.3. The van der Waals surface area contributed by atoms with Crippen molar-refractivity contribution in [3.8, 4) is 0 Å². The lowest BCUT2D eigenvalue weighted by Gasteiger charge is -2.19. The highest BCUT2D eigenvalue weighted by Crippen LogP contribution is 2.64. The molecule has 2 aliphatic carbocycles. The van der Waals surface area contributed by atoms with Crippen LogP contribution in [-0.2, 0) is 6.42 Å². The Labute approximate surface area is 205 Å². The van der Waals surface area contributed by atoms with E-state index in [0.29, 0.717) is 0 Å². The van der Waals surface area contributed by atoms with Gasteiger partial charge in [-0.25, -0.2) is 0 Å². The molecule has 0 bridgehead atoms. The van der Waals surface area contributed by atoms with Crippen molar-refractivity contribution in [3.05, 3.63) is 95.3 Å². The number of hydrogen-bond donors (Lipinski definition) is 2. The maximum Gasteiger partial charge on any atom is 0.153 e. The van der Waals surface area contributed by atoms with Crippen LogP contribution in [0.15, 0.2) is 94.1 Å². The summed E-state index contributed by atoms with van der Waals surface area (Å²) in [7, 11) is 0. The predicted octanol–water partition coefficient (Wildman–Crippen LogP) is 8.14. The van der Waals surface area contributed by atoms with Gasteiger partial charge in [-0.1, -0.05) is 76.6 Å². The van der Waals surface area contributed by atoms with Gasteiger partial charge in [0.2, 0.25) is 0 Å². The van der Waals surface area contributed by atoms with E-state index in [-0.39, 0.29) is 22.9 Å². The van der Waals surface area contributed by atoms with Crippen molar-refractivity contribution in [1.29, 1.82) is 0 Å². The minimum Gasteiger partial charge on any atom is -0.508 e. The first kappa shape index (κ1) is 27.1. The molecule has 0 aromatic heterocycles. The zero-order valence-electron chi connectivity index (χ0n) is 21.6. The minimum absolute atomic E-state index is 0.0492. The summed E-state index contributed by atoms with van der Waals surface area (Å²) < 4.78 is 0. The maximum atomic E-state index is 10.3. The van der Waals surface area contributed by atoms with Crippen LogP contribution in [0.25, 0.3) is 0 Å². The van der Waals surface area contributed by atoms with Gasteiger partial charge in [0.15, 0.2) is 5.76 Å². The van der Waals surface area contributed by atoms with E-state index in [2.05, 4.69) is 56.6 Å². The van der Waals surface area contributed by atoms with Crippen LogP contribution in [0.2, 0.25) is 0 Å². The molecule has 1 fully saturated rings. The Morgan fingerprint density at radius 1 is 1.09 bits per heavy atom. The number of aliphatic hydroxyl groups excluding tert-OH is 2. The van der Waals surface area contributed by atoms with Crippen LogP contribution in [0.1, 0.15) is 65.0 Å². The SMILES string of the molecule is C=C1\C=C/N=C(C)\C=C(\C23C=CC(O)=C(O)C2C3)N=C1CCc1cccc(C)c1.CC.CCC. The predicted molar refractivity (Wildman–Crippen MR) is 146 cm³/mol. The number of aliphatic imine (C=N–C) groups is 2. The number of allylic oxidation sites excluding steroid dienone is 6. The molecule has 2 atom stereocenters. The second-order valence-corrected chi connectivity index (χ2v) is 8.80. The third-order valence-corrected chi connectivity index (χ3v) is 5.87. The second-order valence-electron chi connectivity index (χ2n) is 8.80. The first-order valence-corrected chi connectivity index (χ1v) is 12.4. The van der Waals surface area contributed by atoms with Crippen molar-refractivity contribution in [2.75, 3.05) is 0 Å². The van der Waals surface area contributed by atoms with E-state index in [9.17, 15) is 10.2 Å². The topological polar surface area (TPSA) is 65.2 Å². The molecule has 1 heterocycles. The summed E-state index contributed by atoms with van der Waals surface area (Å²) in [4.78, 5) is 9.51. The summed E-state index contributed by atoms with van der Waals surface area (Å²) in [5.74, 6) is -0.126. The molecule has 4 nitrogen and oxygen atoms in total. The van der Waals surface area contributed by atoms with E-state index >= 15 is 0 Å². The molecular formula is C30H40N2O2. The molecule has 182 valence electrons. The zero-order valence-corrected chi connectivity index (χ0v) is 21.6. The first-order valence-electron chi connectivity index (χ1n) is 12.4. The van der Waals surface area contributed by atoms with Crippen LogP contribution in [0, 0.1) is 18.3 Å². The Hall–Kier alpha value is -3.14. The number of rotatable bonds is 4. The van der Waals surface area contributed by atoms with Gasteiger partial charge < -0.3 is 10.2 Å². The standard InChI is InChI=1S/C25H26N2O2.C3H8.C2H6/c1-16-5-4-6-19(13-16)7-8-21-17(2)10-12-26-18(3)14-23(27-21)25-11-9-22(28)24(29)20(25)15-25;1-3-2;1-2/h4-6,9-14,20,28-29H,2,7-8,15H2,1,3H3;3H2,1-2H3;1-2H3/b12-10-,23-14-,26-18-,27-21?;;. The van der Waals surface area contributed by atoms with E-state index in [0.717, 1.165) is 42.0 Å². The van der Waals surface area contributed by atoms with Gasteiger partial charge in [0, 0.05) is 29.0 Å². The van der Waals surface area contributed by atoms with Crippen molar-refractivity contribution in [2.24, 2.45) is 21.3 Å². The van der Waals surface area contributed by atoms with Crippen LogP contribution >= 0.6 is 0 Å². The van der Waals surface area contributed by atoms with Crippen LogP contribution in [0.3, 0.4) is 0 Å². The van der Waals surface area contributed by atoms with Crippen LogP contribution in [0.5, 0.6) is 0 Å². The molecule has 2 N–H and O–H groups in total. The summed E-state index contributed by atoms with van der Waals surface area (Å²) in [6.07, 6.45) is 12.8. The molecule has 0 amide bonds. The summed E-state index contributed by atoms with van der Waals surface area (Å²) in [5, 5.41) is 20.1. The Morgan fingerprint density at radius 3 is 2.47 bits per heavy atom. The van der Waals surface area contributed by atoms with Crippen molar-refractivity contribution in [1.82, 2.24) is 0 Å². The van der Waals surface area contributed by atoms with Crippen LogP contribution in [0.4, 0.5) is 0 Å². The molecule has 34 heavy (non-hydrogen) atoms. The van der Waals surface area contributed by atoms with Gasteiger partial charge in [0.1, 0.15) is 5.76 Å². The van der Waals surface area contributed by atoms with E-state index in [1.807, 2.05) is 39.0 Å². The van der Waals surface area contributed by atoms with Gasteiger partial charge >= 0.3 is 0 Å². The largest absolute Gasteiger partial charge is 0.508 e. The molecule has 0 spiro atoms. The third-order valence-electron chi connectivity index (χ3n) is 5.87. The monoisotopic (exact) mass is 460 g/mol. The lowest BCUT2D eigenvalue weighted by atomic mass is 9.92. The summed E-state index contributed by atoms with van der Waals surface area (Å²) >= 11 is 0. The highest BCUT2D eigenvalue weighted by atomic mass is 16.3. The summed E-state index contributed by atoms with van der Waals surface area (Å²) in [5.41, 5.74) is 5.61. The lowest BCUT2D eigenvalue weighted by molar-refractivity contribution is 0.302. The van der Waals surface area contributed by atoms with Gasteiger partial charge in [-0.3, -0.25) is 9.98 Å². The molecule has 1 aliphatic heterocycles. The van der Waals surface area contributed by atoms with Crippen molar-refractivity contribution < 1.29 is 10.2 Å². The highest BCUT2D eigenvalue weighted by molar-refractivity contribution is 6.04. The van der Waals surface area contributed by atoms with Gasteiger partial charge in [-0.15, -0.1) is 0 Å². The van der Waals surface area contributed by atoms with Gasteiger partial charge in [0.25, 0.3) is 0 Å². The number of hydrogen-bond acceptors (Lipinski definition) is 4. The van der Waals surface area contributed by atoms with Crippen molar-refractivity contribution in [3.63, 3.8) is 0 Å². The number of nitrogens with zero attached hydrogens (tertiary/aromatic N) is 2. The molecule has 0 radical (unpaired) electrons. The van der Waals surface area contributed by atoms with E-state index in [1.165, 1.54) is 17.5 Å². The maximum absolute atomic E-state index is 10.3. The Morgan fingerprint density at radius 2 is 1.79 bits per heavy atom. The van der Waals surface area contributed by atoms with E-state index in [4.69, 9.17) is 4.99 Å². The molecule has 0 saturated heterocycles. The molecule has 2 unspecified atom stereocenters. The van der Waals surface area contributed by atoms with Gasteiger partial charge in [-0.05, 0) is 62.5 Å². The fourth-order valence-electron chi connectivity index (χ4n) is 4.07. The smallest absolute Gasteiger partial charge is 0.153 e. The molecule has 4 heteroatoms. The Bertz CT molecular complexity index is 1070. The molecule has 1 aromatic rings. The Balaban J connectivity index is 0.000000758. The van der Waals surface area contributed by atoms with E-state index < -0.39 is 0 Å². The van der Waals surface area contributed by atoms with Crippen LogP contribution in [-0.4, -0.2) is 21.6 Å². The third kappa shape index (κ3) is 6.47. The fraction of sp³-hybridized carbons (Fsp3) is 0.400. The average Bonchev–Trinajstić information content (AvgIpc) is 3.56. The number of fused-ring (bicyclic) bond motifs is 1. The Kier molecular flexibility index (Phi) is 9.85. The van der Waals surface area contributed by atoms with Gasteiger partial charge in [0.05, 0.1) is 5.70 Å². The summed E-state index contributed by atoms with van der Waals surface area (Å²) in [6.45, 7) is 16.5. The van der Waals surface area contributed by atoms with Crippen molar-refractivity contribution >= 4 is 11.4 Å². The normalized spacial score (nSPS) is 26.9. The minimum atomic E-state index is -0.383. The molecule has 1 saturated carbocycles. The van der Waals surface area contributed by atoms with Gasteiger partial charge in [-0.2, -0.15) is 0 Å². The average molecular weight is 461 g/mol. The number of benzene rings is 1. The quantitative estimate of drug-likeness (QED) is 0.476. The summed E-state index contributed by atoms with van der Waals surface area (Å²) in [6, 6.07) is 8.51. The molecule has 3 aliphatic rings. The molecule has 4 rings (SSSR count). The van der Waals surface area contributed by atoms with Crippen LogP contribution < -0.4 is 0 Å². The van der Waals surface area contributed by atoms with Crippen molar-refractivity contribution in [2.45, 2.75) is 67.2 Å². The number of aryl methyl sites for hydroxylation is 2. The lowest BCUT2D eigenvalue weighted by Crippen LogP contribution is -2.13. The molecule has 1 aromatic carbocycles. The fourth-order valence-corrected chi connectivity index (χ4v) is 4.07. The highest BCUT2D eigenvalue weighted by Gasteiger charge is 2.59. The first-order chi connectivity index (χ1) is 16.3. The van der Waals surface area contributed by atoms with E-state index in [1.54, 1.807) is 12.3 Å². The second kappa shape index (κ2) is 12.4.